The third kappa shape index (κ3) is 3.37. The standard InChI is InChI=1S/C30H21N5O5/c1-3-35(4-2)18-6-5-17-9-22(27(37)39-24(17)10-18)23-12-21-20-8-7-19(36)11-25(20)40-28(38)26(21)30(15-33,16-34)29(23,13-31)14-32/h5-11,23,36H,3-4,12H2,1-2H3. The van der Waals surface area contributed by atoms with E-state index in [9.17, 15) is 35.7 Å². The van der Waals surface area contributed by atoms with Gasteiger partial charge >= 0.3 is 11.3 Å². The van der Waals surface area contributed by atoms with Gasteiger partial charge in [0, 0.05) is 53.2 Å². The number of hydrogen-bond acceptors (Lipinski definition) is 10. The maximum Gasteiger partial charge on any atom is 0.342 e. The molecule has 0 saturated heterocycles. The number of hydrogen-bond donors (Lipinski definition) is 1. The fourth-order valence-corrected chi connectivity index (χ4v) is 5.81. The Bertz CT molecular complexity index is 1970. The normalized spacial score (nSPS) is 16.7. The van der Waals surface area contributed by atoms with Gasteiger partial charge in [0.05, 0.1) is 29.8 Å². The zero-order valence-corrected chi connectivity index (χ0v) is 21.6. The second-order valence-electron chi connectivity index (χ2n) is 9.57. The van der Waals surface area contributed by atoms with E-state index in [4.69, 9.17) is 8.83 Å². The molecule has 4 aromatic rings. The molecule has 1 unspecified atom stereocenters. The highest BCUT2D eigenvalue weighted by Gasteiger charge is 2.66. The summed E-state index contributed by atoms with van der Waals surface area (Å²) < 4.78 is 11.0. The van der Waals surface area contributed by atoms with Crippen molar-refractivity contribution in [2.45, 2.75) is 31.6 Å². The Morgan fingerprint density at radius 2 is 1.57 bits per heavy atom. The van der Waals surface area contributed by atoms with Gasteiger partial charge in [-0.05, 0) is 56.2 Å². The lowest BCUT2D eigenvalue weighted by molar-refractivity contribution is 0.282. The van der Waals surface area contributed by atoms with E-state index in [1.165, 1.54) is 24.3 Å². The van der Waals surface area contributed by atoms with Crippen LogP contribution in [0.25, 0.3) is 21.9 Å². The van der Waals surface area contributed by atoms with Crippen LogP contribution in [0, 0.1) is 50.7 Å². The molecule has 10 nitrogen and oxygen atoms in total. The van der Waals surface area contributed by atoms with Gasteiger partial charge in [0.2, 0.25) is 5.41 Å². The van der Waals surface area contributed by atoms with Gasteiger partial charge < -0.3 is 18.8 Å². The summed E-state index contributed by atoms with van der Waals surface area (Å²) in [6.07, 6.45) is -0.220. The van der Waals surface area contributed by atoms with Crippen molar-refractivity contribution < 1.29 is 13.9 Å². The summed E-state index contributed by atoms with van der Waals surface area (Å²) in [7, 11) is 0. The molecule has 0 saturated carbocycles. The van der Waals surface area contributed by atoms with E-state index >= 15 is 0 Å². The Hall–Kier alpha value is -5.58. The maximum atomic E-state index is 13.5. The van der Waals surface area contributed by atoms with Gasteiger partial charge in [-0.15, -0.1) is 0 Å². The first-order valence-corrected chi connectivity index (χ1v) is 12.5. The van der Waals surface area contributed by atoms with E-state index in [0.29, 0.717) is 16.4 Å². The molecule has 2 aromatic carbocycles. The summed E-state index contributed by atoms with van der Waals surface area (Å²) in [6.45, 7) is 5.48. The number of fused-ring (bicyclic) bond motifs is 4. The number of rotatable bonds is 4. The molecule has 0 aliphatic heterocycles. The quantitative estimate of drug-likeness (QED) is 0.377. The van der Waals surface area contributed by atoms with E-state index < -0.39 is 33.6 Å². The van der Waals surface area contributed by atoms with E-state index in [1.807, 2.05) is 32.1 Å². The fourth-order valence-electron chi connectivity index (χ4n) is 5.81. The van der Waals surface area contributed by atoms with Crippen LogP contribution < -0.4 is 16.2 Å². The van der Waals surface area contributed by atoms with Crippen molar-refractivity contribution in [3.05, 3.63) is 80.0 Å². The van der Waals surface area contributed by atoms with Crippen LogP contribution >= 0.6 is 0 Å². The number of phenolic OH excluding ortho intramolecular Hbond substituents is 1. The van der Waals surface area contributed by atoms with Gasteiger partial charge in [0.15, 0.2) is 5.41 Å². The van der Waals surface area contributed by atoms with E-state index in [0.717, 1.165) is 18.8 Å². The Labute approximate surface area is 227 Å². The lowest BCUT2D eigenvalue weighted by Gasteiger charge is -2.42. The third-order valence-corrected chi connectivity index (χ3v) is 7.83. The first-order chi connectivity index (χ1) is 19.2. The molecule has 196 valence electrons. The van der Waals surface area contributed by atoms with E-state index in [-0.39, 0.29) is 28.9 Å². The Morgan fingerprint density at radius 3 is 2.20 bits per heavy atom. The monoisotopic (exact) mass is 531 g/mol. The number of benzene rings is 2. The van der Waals surface area contributed by atoms with Crippen LogP contribution in [0.5, 0.6) is 5.75 Å². The number of phenols is 1. The molecule has 10 heteroatoms. The number of nitrogens with zero attached hydrogens (tertiary/aromatic N) is 5. The van der Waals surface area contributed by atoms with Crippen LogP contribution in [0.3, 0.4) is 0 Å². The van der Waals surface area contributed by atoms with E-state index in [2.05, 4.69) is 4.90 Å². The van der Waals surface area contributed by atoms with Crippen LogP contribution in [-0.2, 0) is 11.8 Å². The van der Waals surface area contributed by atoms with E-state index in [1.54, 1.807) is 24.3 Å². The van der Waals surface area contributed by atoms with Crippen molar-refractivity contribution in [3.8, 4) is 30.0 Å². The molecule has 1 aliphatic rings. The summed E-state index contributed by atoms with van der Waals surface area (Å²) in [5.74, 6) is -1.51. The summed E-state index contributed by atoms with van der Waals surface area (Å²) in [4.78, 5) is 28.8. The highest BCUT2D eigenvalue weighted by Crippen LogP contribution is 2.56. The van der Waals surface area contributed by atoms with Crippen LogP contribution in [0.15, 0.2) is 60.9 Å². The number of nitriles is 4. The smallest absolute Gasteiger partial charge is 0.342 e. The number of aromatic hydroxyl groups is 1. The minimum absolute atomic E-state index is 0.0110. The highest BCUT2D eigenvalue weighted by molar-refractivity contribution is 5.85. The minimum atomic E-state index is -2.60. The predicted octanol–water partition coefficient (Wildman–Crippen LogP) is 4.11. The second-order valence-corrected chi connectivity index (χ2v) is 9.57. The van der Waals surface area contributed by atoms with Crippen LogP contribution in [0.4, 0.5) is 5.69 Å². The van der Waals surface area contributed by atoms with Crippen molar-refractivity contribution >= 4 is 27.6 Å². The van der Waals surface area contributed by atoms with Gasteiger partial charge in [-0.1, -0.05) is 0 Å². The molecule has 0 fully saturated rings. The molecular weight excluding hydrogens is 510 g/mol. The lowest BCUT2D eigenvalue weighted by atomic mass is 9.50. The van der Waals surface area contributed by atoms with Gasteiger partial charge in [0.1, 0.15) is 16.9 Å². The predicted molar refractivity (Wildman–Crippen MR) is 143 cm³/mol. The third-order valence-electron chi connectivity index (χ3n) is 7.83. The molecule has 1 N–H and O–H groups in total. The van der Waals surface area contributed by atoms with Gasteiger partial charge in [-0.25, -0.2) is 9.59 Å². The molecule has 0 spiro atoms. The summed E-state index contributed by atoms with van der Waals surface area (Å²) in [5.41, 5.74) is -6.18. The maximum absolute atomic E-state index is 13.5. The van der Waals surface area contributed by atoms with Crippen molar-refractivity contribution in [2.75, 3.05) is 18.0 Å². The molecule has 2 heterocycles. The van der Waals surface area contributed by atoms with Gasteiger partial charge in [-0.2, -0.15) is 21.0 Å². The zero-order chi connectivity index (χ0) is 28.8. The molecule has 40 heavy (non-hydrogen) atoms. The lowest BCUT2D eigenvalue weighted by Crippen LogP contribution is -2.53. The summed E-state index contributed by atoms with van der Waals surface area (Å²) >= 11 is 0. The van der Waals surface area contributed by atoms with Gasteiger partial charge in [0.25, 0.3) is 0 Å². The van der Waals surface area contributed by atoms with Crippen LogP contribution in [0.2, 0.25) is 0 Å². The summed E-state index contributed by atoms with van der Waals surface area (Å²) in [6, 6.07) is 18.0. The fraction of sp³-hybridized carbons (Fsp3) is 0.267. The Kier molecular flexibility index (Phi) is 6.06. The molecule has 5 rings (SSSR count). The molecular formula is C30H21N5O5. The second kappa shape index (κ2) is 9.31. The molecule has 0 bridgehead atoms. The average molecular weight is 532 g/mol. The van der Waals surface area contributed by atoms with Gasteiger partial charge in [-0.3, -0.25) is 0 Å². The first-order valence-electron chi connectivity index (χ1n) is 12.5. The molecule has 1 aliphatic carbocycles. The first kappa shape index (κ1) is 26.0. The largest absolute Gasteiger partial charge is 0.508 e. The zero-order valence-electron chi connectivity index (χ0n) is 21.6. The topological polar surface area (TPSA) is 179 Å². The van der Waals surface area contributed by atoms with Crippen molar-refractivity contribution in [3.63, 3.8) is 0 Å². The molecule has 0 amide bonds. The molecule has 1 atom stereocenters. The van der Waals surface area contributed by atoms with Crippen molar-refractivity contribution in [1.29, 1.82) is 21.0 Å². The SMILES string of the molecule is CCN(CC)c1ccc2cc(C3Cc4c(c(=O)oc5cc(O)ccc45)C(C#N)(C#N)C3(C#N)C#N)c(=O)oc2c1. The minimum Gasteiger partial charge on any atom is -0.508 e. The van der Waals surface area contributed by atoms with Crippen molar-refractivity contribution in [1.82, 2.24) is 0 Å². The molecule has 0 radical (unpaired) electrons. The Morgan fingerprint density at radius 1 is 0.900 bits per heavy atom. The number of anilines is 1. The van der Waals surface area contributed by atoms with Crippen LogP contribution in [-0.4, -0.2) is 18.2 Å². The Balaban J connectivity index is 1.85. The molecule has 2 aromatic heterocycles. The summed E-state index contributed by atoms with van der Waals surface area (Å²) in [5, 5.41) is 52.3. The van der Waals surface area contributed by atoms with Crippen LogP contribution in [0.1, 0.15) is 36.5 Å². The van der Waals surface area contributed by atoms with Crippen molar-refractivity contribution in [2.24, 2.45) is 5.41 Å². The highest BCUT2D eigenvalue weighted by atomic mass is 16.4. The average Bonchev–Trinajstić information content (AvgIpc) is 2.96.